The molecule has 1 unspecified atom stereocenters. The molecule has 0 fully saturated rings. The molecule has 17 heavy (non-hydrogen) atoms. The quantitative estimate of drug-likeness (QED) is 0.867. The second-order valence-corrected chi connectivity index (χ2v) is 6.89. The van der Waals surface area contributed by atoms with Crippen LogP contribution in [0, 0.1) is 0 Å². The molecule has 0 radical (unpaired) electrons. The standard InChI is InChI=1S/C12H18ClNO2S/c1-10(14)5-4-8-17(15,16)9-11-6-2-3-7-12(11)13/h2-3,6-7,10H,4-5,8-9,14H2,1H3. The van der Waals surface area contributed by atoms with Crippen LogP contribution >= 0.6 is 11.6 Å². The van der Waals surface area contributed by atoms with Gasteiger partial charge in [0.05, 0.1) is 11.5 Å². The minimum Gasteiger partial charge on any atom is -0.328 e. The largest absolute Gasteiger partial charge is 0.328 e. The van der Waals surface area contributed by atoms with Crippen molar-refractivity contribution in [1.29, 1.82) is 0 Å². The van der Waals surface area contributed by atoms with Crippen LogP contribution in [-0.4, -0.2) is 20.2 Å². The van der Waals surface area contributed by atoms with E-state index in [1.807, 2.05) is 6.92 Å². The molecule has 0 aromatic heterocycles. The van der Waals surface area contributed by atoms with Crippen molar-refractivity contribution < 1.29 is 8.42 Å². The average Bonchev–Trinajstić information content (AvgIpc) is 2.20. The lowest BCUT2D eigenvalue weighted by molar-refractivity contribution is 0.584. The van der Waals surface area contributed by atoms with Gasteiger partial charge in [-0.25, -0.2) is 8.42 Å². The second-order valence-electron chi connectivity index (χ2n) is 4.30. The summed E-state index contributed by atoms with van der Waals surface area (Å²) in [5.41, 5.74) is 6.24. The van der Waals surface area contributed by atoms with Crippen molar-refractivity contribution in [3.8, 4) is 0 Å². The lowest BCUT2D eigenvalue weighted by Gasteiger charge is -2.07. The Hall–Kier alpha value is -0.580. The summed E-state index contributed by atoms with van der Waals surface area (Å²) in [6.45, 7) is 1.88. The van der Waals surface area contributed by atoms with E-state index in [4.69, 9.17) is 17.3 Å². The average molecular weight is 276 g/mol. The topological polar surface area (TPSA) is 60.2 Å². The predicted octanol–water partition coefficient (Wildman–Crippen LogP) is 2.38. The van der Waals surface area contributed by atoms with Crippen LogP contribution in [0.4, 0.5) is 0 Å². The zero-order valence-corrected chi connectivity index (χ0v) is 11.5. The highest BCUT2D eigenvalue weighted by molar-refractivity contribution is 7.90. The van der Waals surface area contributed by atoms with Crippen molar-refractivity contribution in [1.82, 2.24) is 0 Å². The van der Waals surface area contributed by atoms with Crippen LogP contribution in [0.3, 0.4) is 0 Å². The van der Waals surface area contributed by atoms with Crippen LogP contribution in [0.5, 0.6) is 0 Å². The van der Waals surface area contributed by atoms with Crippen molar-refractivity contribution in [3.63, 3.8) is 0 Å². The van der Waals surface area contributed by atoms with E-state index in [0.29, 0.717) is 17.0 Å². The number of hydrogen-bond acceptors (Lipinski definition) is 3. The van der Waals surface area contributed by atoms with Crippen LogP contribution in [0.25, 0.3) is 0 Å². The van der Waals surface area contributed by atoms with Crippen molar-refractivity contribution in [3.05, 3.63) is 34.9 Å². The van der Waals surface area contributed by atoms with E-state index in [-0.39, 0.29) is 17.5 Å². The van der Waals surface area contributed by atoms with Crippen molar-refractivity contribution in [2.75, 3.05) is 5.75 Å². The number of rotatable bonds is 6. The molecule has 2 N–H and O–H groups in total. The molecule has 0 saturated carbocycles. The van der Waals surface area contributed by atoms with Gasteiger partial charge in [-0.3, -0.25) is 0 Å². The third kappa shape index (κ3) is 5.52. The summed E-state index contributed by atoms with van der Waals surface area (Å²) >= 11 is 5.93. The van der Waals surface area contributed by atoms with Gasteiger partial charge in [-0.1, -0.05) is 29.8 Å². The molecule has 0 aliphatic heterocycles. The van der Waals surface area contributed by atoms with Crippen LogP contribution in [0.1, 0.15) is 25.3 Å². The molecule has 3 nitrogen and oxygen atoms in total. The lowest BCUT2D eigenvalue weighted by atomic mass is 10.2. The zero-order valence-electron chi connectivity index (χ0n) is 9.90. The molecule has 1 aromatic carbocycles. The van der Waals surface area contributed by atoms with Gasteiger partial charge in [-0.15, -0.1) is 0 Å². The first-order valence-corrected chi connectivity index (χ1v) is 7.80. The minimum absolute atomic E-state index is 0.00558. The fourth-order valence-electron chi connectivity index (χ4n) is 1.55. The molecule has 5 heteroatoms. The molecule has 0 amide bonds. The highest BCUT2D eigenvalue weighted by atomic mass is 35.5. The number of halogens is 1. The highest BCUT2D eigenvalue weighted by Gasteiger charge is 2.13. The summed E-state index contributed by atoms with van der Waals surface area (Å²) in [5.74, 6) is 0.172. The summed E-state index contributed by atoms with van der Waals surface area (Å²) in [6, 6.07) is 7.07. The summed E-state index contributed by atoms with van der Waals surface area (Å²) < 4.78 is 23.7. The minimum atomic E-state index is -3.09. The molecule has 0 aliphatic rings. The first kappa shape index (κ1) is 14.5. The maximum absolute atomic E-state index is 11.8. The molecule has 0 aliphatic carbocycles. The van der Waals surface area contributed by atoms with Gasteiger partial charge >= 0.3 is 0 Å². The van der Waals surface area contributed by atoms with E-state index in [1.165, 1.54) is 0 Å². The van der Waals surface area contributed by atoms with Crippen molar-refractivity contribution in [2.24, 2.45) is 5.73 Å². The Morgan fingerprint density at radius 1 is 1.35 bits per heavy atom. The van der Waals surface area contributed by atoms with E-state index in [9.17, 15) is 8.42 Å². The van der Waals surface area contributed by atoms with Crippen LogP contribution in [-0.2, 0) is 15.6 Å². The molecule has 0 bridgehead atoms. The summed E-state index contributed by atoms with van der Waals surface area (Å²) in [4.78, 5) is 0. The fraction of sp³-hybridized carbons (Fsp3) is 0.500. The van der Waals surface area contributed by atoms with E-state index < -0.39 is 9.84 Å². The summed E-state index contributed by atoms with van der Waals surface area (Å²) in [6.07, 6.45) is 1.33. The maximum Gasteiger partial charge on any atom is 0.154 e. The molecule has 0 saturated heterocycles. The Kier molecular flexibility index (Phi) is 5.43. The van der Waals surface area contributed by atoms with Crippen LogP contribution in [0.15, 0.2) is 24.3 Å². The third-order valence-electron chi connectivity index (χ3n) is 2.45. The molecular formula is C12H18ClNO2S. The van der Waals surface area contributed by atoms with Gasteiger partial charge in [0.25, 0.3) is 0 Å². The smallest absolute Gasteiger partial charge is 0.154 e. The molecular weight excluding hydrogens is 258 g/mol. The molecule has 1 atom stereocenters. The Bertz CT molecular complexity index is 457. The van der Waals surface area contributed by atoms with Crippen LogP contribution in [0.2, 0.25) is 5.02 Å². The first-order valence-electron chi connectivity index (χ1n) is 5.60. The van der Waals surface area contributed by atoms with E-state index in [1.54, 1.807) is 24.3 Å². The summed E-state index contributed by atoms with van der Waals surface area (Å²) in [7, 11) is -3.09. The Balaban J connectivity index is 2.58. The number of hydrogen-bond donors (Lipinski definition) is 1. The van der Waals surface area contributed by atoms with E-state index in [0.717, 1.165) is 6.42 Å². The monoisotopic (exact) mass is 275 g/mol. The molecule has 1 rings (SSSR count). The van der Waals surface area contributed by atoms with Crippen molar-refractivity contribution >= 4 is 21.4 Å². The maximum atomic E-state index is 11.8. The third-order valence-corrected chi connectivity index (χ3v) is 4.48. The number of nitrogens with two attached hydrogens (primary N) is 1. The Morgan fingerprint density at radius 2 is 2.00 bits per heavy atom. The van der Waals surface area contributed by atoms with Gasteiger partial charge in [0.1, 0.15) is 0 Å². The van der Waals surface area contributed by atoms with Gasteiger partial charge in [-0.05, 0) is 31.4 Å². The van der Waals surface area contributed by atoms with E-state index in [2.05, 4.69) is 0 Å². The molecule has 96 valence electrons. The van der Waals surface area contributed by atoms with E-state index >= 15 is 0 Å². The molecule has 0 heterocycles. The zero-order chi connectivity index (χ0) is 12.9. The normalized spacial score (nSPS) is 13.6. The second kappa shape index (κ2) is 6.38. The van der Waals surface area contributed by atoms with Gasteiger partial charge in [-0.2, -0.15) is 0 Å². The fourth-order valence-corrected chi connectivity index (χ4v) is 3.31. The highest BCUT2D eigenvalue weighted by Crippen LogP contribution is 2.18. The molecule has 0 spiro atoms. The predicted molar refractivity (Wildman–Crippen MR) is 71.8 cm³/mol. The number of sulfone groups is 1. The first-order chi connectivity index (χ1) is 7.91. The summed E-state index contributed by atoms with van der Waals surface area (Å²) in [5, 5.41) is 0.503. The number of benzene rings is 1. The molecule has 1 aromatic rings. The van der Waals surface area contributed by atoms with Gasteiger partial charge in [0.15, 0.2) is 9.84 Å². The SMILES string of the molecule is CC(N)CCCS(=O)(=O)Cc1ccccc1Cl. The Morgan fingerprint density at radius 3 is 2.59 bits per heavy atom. The Labute approximate surface area is 108 Å². The van der Waals surface area contributed by atoms with Crippen LogP contribution < -0.4 is 5.73 Å². The van der Waals surface area contributed by atoms with Gasteiger partial charge in [0.2, 0.25) is 0 Å². The van der Waals surface area contributed by atoms with Crippen molar-refractivity contribution in [2.45, 2.75) is 31.6 Å². The van der Waals surface area contributed by atoms with Gasteiger partial charge in [0, 0.05) is 11.1 Å². The lowest BCUT2D eigenvalue weighted by Crippen LogP contribution is -2.17. The van der Waals surface area contributed by atoms with Gasteiger partial charge < -0.3 is 5.73 Å².